The van der Waals surface area contributed by atoms with Gasteiger partial charge < -0.3 is 9.47 Å². The van der Waals surface area contributed by atoms with E-state index in [1.807, 2.05) is 18.3 Å². The number of ether oxygens (including phenoxy) is 2. The zero-order chi connectivity index (χ0) is 10.7. The van der Waals surface area contributed by atoms with E-state index in [1.165, 1.54) is 5.52 Å². The van der Waals surface area contributed by atoms with E-state index in [1.54, 1.807) is 7.11 Å². The minimum absolute atomic E-state index is 0.585. The molecule has 0 spiro atoms. The lowest BCUT2D eigenvalue weighted by atomic mass is 10.2. The Balaban J connectivity index is 2.26. The van der Waals surface area contributed by atoms with Crippen LogP contribution in [-0.2, 0) is 4.74 Å². The van der Waals surface area contributed by atoms with Crippen LogP contribution in [0.5, 0.6) is 5.75 Å². The van der Waals surface area contributed by atoms with Crippen LogP contribution in [0.2, 0.25) is 0 Å². The van der Waals surface area contributed by atoms with Gasteiger partial charge in [0.1, 0.15) is 12.4 Å². The van der Waals surface area contributed by atoms with Gasteiger partial charge in [-0.3, -0.25) is 2.78 Å². The Morgan fingerprint density at radius 3 is 2.93 bits per heavy atom. The summed E-state index contributed by atoms with van der Waals surface area (Å²) in [6.45, 7) is 1.20. The molecule has 0 N–H and O–H groups in total. The molecule has 1 heterocycles. The standard InChI is InChI=1S/C11H12INO2/c1-14-7-8-15-11-4-2-3-10-9(11)5-6-13(10)12/h2-6H,7-8H2,1H3. The van der Waals surface area contributed by atoms with Crippen LogP contribution < -0.4 is 4.74 Å². The van der Waals surface area contributed by atoms with Crippen molar-refractivity contribution in [2.75, 3.05) is 20.3 Å². The molecule has 0 aliphatic rings. The number of benzene rings is 1. The quantitative estimate of drug-likeness (QED) is 0.639. The minimum Gasteiger partial charge on any atom is -0.490 e. The molecule has 0 unspecified atom stereocenters. The first-order valence-electron chi connectivity index (χ1n) is 4.71. The first kappa shape index (κ1) is 10.8. The Morgan fingerprint density at radius 2 is 2.13 bits per heavy atom. The Hall–Kier alpha value is -0.750. The van der Waals surface area contributed by atoms with Crippen LogP contribution in [0.15, 0.2) is 30.5 Å². The van der Waals surface area contributed by atoms with Crippen molar-refractivity contribution in [1.29, 1.82) is 0 Å². The second-order valence-corrected chi connectivity index (χ2v) is 4.20. The van der Waals surface area contributed by atoms with Gasteiger partial charge in [0.15, 0.2) is 0 Å². The summed E-state index contributed by atoms with van der Waals surface area (Å²) < 4.78 is 12.6. The summed E-state index contributed by atoms with van der Waals surface area (Å²) in [7, 11) is 1.67. The van der Waals surface area contributed by atoms with Gasteiger partial charge in [0.05, 0.1) is 35.0 Å². The van der Waals surface area contributed by atoms with Crippen LogP contribution in [0, 0.1) is 0 Å². The summed E-state index contributed by atoms with van der Waals surface area (Å²) in [6, 6.07) is 8.11. The van der Waals surface area contributed by atoms with E-state index in [0.29, 0.717) is 13.2 Å². The molecule has 0 saturated heterocycles. The second-order valence-electron chi connectivity index (χ2n) is 3.16. The molecule has 2 aromatic rings. The molecule has 0 aliphatic heterocycles. The van der Waals surface area contributed by atoms with Crippen molar-refractivity contribution in [2.45, 2.75) is 0 Å². The highest BCUT2D eigenvalue weighted by atomic mass is 127. The van der Waals surface area contributed by atoms with Gasteiger partial charge in [-0.1, -0.05) is 6.07 Å². The lowest BCUT2D eigenvalue weighted by molar-refractivity contribution is 0.147. The van der Waals surface area contributed by atoms with E-state index in [2.05, 4.69) is 37.8 Å². The third-order valence-electron chi connectivity index (χ3n) is 2.19. The number of hydrogen-bond donors (Lipinski definition) is 0. The highest BCUT2D eigenvalue weighted by molar-refractivity contribution is 14.1. The number of halogens is 1. The normalized spacial score (nSPS) is 10.8. The van der Waals surface area contributed by atoms with Crippen molar-refractivity contribution in [2.24, 2.45) is 0 Å². The van der Waals surface area contributed by atoms with Crippen molar-refractivity contribution >= 4 is 33.8 Å². The molecule has 0 aliphatic carbocycles. The van der Waals surface area contributed by atoms with Crippen LogP contribution in [-0.4, -0.2) is 23.1 Å². The van der Waals surface area contributed by atoms with Gasteiger partial charge in [0.2, 0.25) is 0 Å². The average molecular weight is 317 g/mol. The molecule has 0 fully saturated rings. The minimum atomic E-state index is 0.585. The largest absolute Gasteiger partial charge is 0.490 e. The van der Waals surface area contributed by atoms with Crippen LogP contribution in [0.1, 0.15) is 0 Å². The zero-order valence-corrected chi connectivity index (χ0v) is 10.6. The molecule has 80 valence electrons. The van der Waals surface area contributed by atoms with Gasteiger partial charge in [-0.15, -0.1) is 0 Å². The van der Waals surface area contributed by atoms with E-state index in [4.69, 9.17) is 9.47 Å². The first-order valence-corrected chi connectivity index (χ1v) is 5.67. The predicted molar refractivity (Wildman–Crippen MR) is 68.7 cm³/mol. The fourth-order valence-electron chi connectivity index (χ4n) is 1.47. The highest BCUT2D eigenvalue weighted by Crippen LogP contribution is 2.27. The topological polar surface area (TPSA) is 23.4 Å². The molecule has 1 aromatic heterocycles. The first-order chi connectivity index (χ1) is 7.33. The molecular weight excluding hydrogens is 305 g/mol. The van der Waals surface area contributed by atoms with Crippen LogP contribution in [0.4, 0.5) is 0 Å². The van der Waals surface area contributed by atoms with Gasteiger partial charge in [0, 0.05) is 18.7 Å². The zero-order valence-electron chi connectivity index (χ0n) is 8.44. The molecule has 15 heavy (non-hydrogen) atoms. The molecule has 1 aromatic carbocycles. The molecule has 4 heteroatoms. The van der Waals surface area contributed by atoms with Crippen molar-refractivity contribution in [3.8, 4) is 5.75 Å². The Labute approximate surface area is 102 Å². The van der Waals surface area contributed by atoms with Crippen LogP contribution >= 0.6 is 22.9 Å². The van der Waals surface area contributed by atoms with E-state index in [9.17, 15) is 0 Å². The summed E-state index contributed by atoms with van der Waals surface area (Å²) in [5.74, 6) is 0.917. The highest BCUT2D eigenvalue weighted by Gasteiger charge is 2.04. The van der Waals surface area contributed by atoms with Gasteiger partial charge in [0.25, 0.3) is 0 Å². The molecule has 2 rings (SSSR count). The third kappa shape index (κ3) is 2.26. The van der Waals surface area contributed by atoms with Crippen molar-refractivity contribution in [3.63, 3.8) is 0 Å². The van der Waals surface area contributed by atoms with Crippen molar-refractivity contribution < 1.29 is 9.47 Å². The summed E-state index contributed by atoms with van der Waals surface area (Å²) >= 11 is 2.25. The number of rotatable bonds is 4. The fraction of sp³-hybridized carbons (Fsp3) is 0.273. The lowest BCUT2D eigenvalue weighted by Gasteiger charge is -2.06. The monoisotopic (exact) mass is 317 g/mol. The third-order valence-corrected chi connectivity index (χ3v) is 3.03. The number of methoxy groups -OCH3 is 1. The van der Waals surface area contributed by atoms with E-state index in [0.717, 1.165) is 11.1 Å². The Morgan fingerprint density at radius 1 is 1.27 bits per heavy atom. The van der Waals surface area contributed by atoms with Gasteiger partial charge >= 0.3 is 0 Å². The molecule has 0 amide bonds. The van der Waals surface area contributed by atoms with Crippen LogP contribution in [0.3, 0.4) is 0 Å². The fourth-order valence-corrected chi connectivity index (χ4v) is 2.05. The molecule has 0 radical (unpaired) electrons. The molecule has 0 atom stereocenters. The maximum atomic E-state index is 5.63. The average Bonchev–Trinajstić information content (AvgIpc) is 2.62. The SMILES string of the molecule is COCCOc1cccc2c1ccn2I. The molecular formula is C11H12INO2. The number of aromatic nitrogens is 1. The summed E-state index contributed by atoms with van der Waals surface area (Å²) in [4.78, 5) is 0. The Bertz CT molecular complexity index is 453. The number of fused-ring (bicyclic) bond motifs is 1. The summed E-state index contributed by atoms with van der Waals surface area (Å²) in [5, 5.41) is 1.14. The maximum Gasteiger partial charge on any atom is 0.128 e. The van der Waals surface area contributed by atoms with Crippen LogP contribution in [0.25, 0.3) is 10.9 Å². The van der Waals surface area contributed by atoms with Crippen molar-refractivity contribution in [3.05, 3.63) is 30.5 Å². The number of nitrogens with zero attached hydrogens (tertiary/aromatic N) is 1. The van der Waals surface area contributed by atoms with E-state index >= 15 is 0 Å². The van der Waals surface area contributed by atoms with Gasteiger partial charge in [-0.25, -0.2) is 0 Å². The Kier molecular flexibility index (Phi) is 3.48. The lowest BCUT2D eigenvalue weighted by Crippen LogP contribution is -2.04. The van der Waals surface area contributed by atoms with E-state index in [-0.39, 0.29) is 0 Å². The van der Waals surface area contributed by atoms with Crippen molar-refractivity contribution in [1.82, 2.24) is 2.78 Å². The molecule has 0 bridgehead atoms. The summed E-state index contributed by atoms with van der Waals surface area (Å²) in [6.07, 6.45) is 2.02. The molecule has 0 saturated carbocycles. The van der Waals surface area contributed by atoms with Gasteiger partial charge in [-0.2, -0.15) is 0 Å². The number of hydrogen-bond acceptors (Lipinski definition) is 2. The van der Waals surface area contributed by atoms with E-state index < -0.39 is 0 Å². The predicted octanol–water partition coefficient (Wildman–Crippen LogP) is 2.86. The smallest absolute Gasteiger partial charge is 0.128 e. The maximum absolute atomic E-state index is 5.63. The molecule has 3 nitrogen and oxygen atoms in total. The second kappa shape index (κ2) is 4.85. The van der Waals surface area contributed by atoms with Gasteiger partial charge in [-0.05, 0) is 18.2 Å². The summed E-state index contributed by atoms with van der Waals surface area (Å²) in [5.41, 5.74) is 1.17.